The highest BCUT2D eigenvalue weighted by atomic mass is 35.5. The number of aliphatic hydroxyl groups excluding tert-OH is 3. The average molecular weight is 455 g/mol. The quantitative estimate of drug-likeness (QED) is 0.585. The molecule has 4 nitrogen and oxygen atoms in total. The zero-order valence-corrected chi connectivity index (χ0v) is 19.0. The Labute approximate surface area is 195 Å². The molecule has 170 valence electrons. The van der Waals surface area contributed by atoms with Gasteiger partial charge >= 0.3 is 0 Å². The van der Waals surface area contributed by atoms with Gasteiger partial charge in [0.15, 0.2) is 0 Å². The Kier molecular flexibility index (Phi) is 7.55. The molecule has 0 spiro atoms. The SMILES string of the molecule is OC[C@@H]1C[C@H](O)C[C@H](c2ccc(Cl)c(Cc3ccc(C#CC4(CO)CCCC4)cc3)c2)O1. The highest BCUT2D eigenvalue weighted by Crippen LogP contribution is 2.37. The Morgan fingerprint density at radius 1 is 1.03 bits per heavy atom. The molecular formula is C27H31ClO4. The van der Waals surface area contributed by atoms with Gasteiger partial charge in [0.1, 0.15) is 0 Å². The summed E-state index contributed by atoms with van der Waals surface area (Å²) in [4.78, 5) is 0. The van der Waals surface area contributed by atoms with Crippen LogP contribution in [-0.2, 0) is 11.2 Å². The minimum atomic E-state index is -0.479. The predicted molar refractivity (Wildman–Crippen MR) is 126 cm³/mol. The summed E-state index contributed by atoms with van der Waals surface area (Å²) < 4.78 is 5.95. The topological polar surface area (TPSA) is 69.9 Å². The van der Waals surface area contributed by atoms with Crippen molar-refractivity contribution in [2.75, 3.05) is 13.2 Å². The van der Waals surface area contributed by atoms with Crippen LogP contribution in [0.25, 0.3) is 0 Å². The van der Waals surface area contributed by atoms with Crippen molar-refractivity contribution in [3.8, 4) is 11.8 Å². The normalized spacial score (nSPS) is 24.7. The molecule has 1 saturated heterocycles. The largest absolute Gasteiger partial charge is 0.395 e. The summed E-state index contributed by atoms with van der Waals surface area (Å²) in [5, 5.41) is 30.0. The van der Waals surface area contributed by atoms with E-state index in [2.05, 4.69) is 24.0 Å². The van der Waals surface area contributed by atoms with E-state index >= 15 is 0 Å². The molecule has 0 amide bonds. The van der Waals surface area contributed by atoms with E-state index in [0.717, 1.165) is 47.9 Å². The van der Waals surface area contributed by atoms with Crippen molar-refractivity contribution in [2.45, 2.75) is 63.3 Å². The average Bonchev–Trinajstić information content (AvgIpc) is 3.29. The Morgan fingerprint density at radius 2 is 1.78 bits per heavy atom. The van der Waals surface area contributed by atoms with Crippen molar-refractivity contribution >= 4 is 11.6 Å². The molecule has 5 heteroatoms. The lowest BCUT2D eigenvalue weighted by molar-refractivity contribution is -0.113. The second-order valence-corrected chi connectivity index (χ2v) is 9.58. The van der Waals surface area contributed by atoms with Gasteiger partial charge in [0.05, 0.1) is 36.9 Å². The molecule has 2 aromatic rings. The fourth-order valence-electron chi connectivity index (χ4n) is 4.76. The van der Waals surface area contributed by atoms with Gasteiger partial charge in [-0.05, 0) is 54.2 Å². The van der Waals surface area contributed by atoms with Gasteiger partial charge < -0.3 is 20.1 Å². The van der Waals surface area contributed by atoms with Crippen LogP contribution in [0.15, 0.2) is 42.5 Å². The van der Waals surface area contributed by atoms with Crippen molar-refractivity contribution in [1.29, 1.82) is 0 Å². The summed E-state index contributed by atoms with van der Waals surface area (Å²) in [5.41, 5.74) is 3.82. The standard InChI is InChI=1S/C27H31ClO4/c28-25-8-7-21(26-16-23(31)15-24(17-29)32-26)14-22(25)13-20-5-3-19(4-6-20)9-12-27(18-30)10-1-2-11-27/h3-8,14,23-24,26,29-31H,1-2,10-11,13,15-18H2/t23-,24-,26+/m0/s1. The van der Waals surface area contributed by atoms with E-state index in [-0.39, 0.29) is 30.8 Å². The Bertz CT molecular complexity index is 969. The molecule has 32 heavy (non-hydrogen) atoms. The Balaban J connectivity index is 1.47. The van der Waals surface area contributed by atoms with Gasteiger partial charge in [-0.15, -0.1) is 0 Å². The summed E-state index contributed by atoms with van der Waals surface area (Å²) in [6, 6.07) is 14.0. The molecule has 1 saturated carbocycles. The van der Waals surface area contributed by atoms with Gasteiger partial charge in [-0.3, -0.25) is 0 Å². The fraction of sp³-hybridized carbons (Fsp3) is 0.481. The third-order valence-corrected chi connectivity index (χ3v) is 7.08. The van der Waals surface area contributed by atoms with Gasteiger partial charge in [0.2, 0.25) is 0 Å². The van der Waals surface area contributed by atoms with Crippen LogP contribution in [0.5, 0.6) is 0 Å². The molecule has 1 heterocycles. The number of rotatable bonds is 5. The van der Waals surface area contributed by atoms with Crippen LogP contribution < -0.4 is 0 Å². The second-order valence-electron chi connectivity index (χ2n) is 9.17. The van der Waals surface area contributed by atoms with E-state index in [4.69, 9.17) is 16.3 Å². The molecule has 2 fully saturated rings. The minimum absolute atomic E-state index is 0.0946. The highest BCUT2D eigenvalue weighted by Gasteiger charge is 2.31. The number of halogens is 1. The molecule has 2 aliphatic rings. The van der Waals surface area contributed by atoms with Gasteiger partial charge in [0, 0.05) is 23.4 Å². The van der Waals surface area contributed by atoms with Crippen molar-refractivity contribution < 1.29 is 20.1 Å². The first-order valence-corrected chi connectivity index (χ1v) is 11.8. The number of hydrogen-bond acceptors (Lipinski definition) is 4. The molecule has 0 unspecified atom stereocenters. The van der Waals surface area contributed by atoms with Crippen molar-refractivity contribution in [3.05, 3.63) is 69.7 Å². The van der Waals surface area contributed by atoms with E-state index < -0.39 is 6.10 Å². The van der Waals surface area contributed by atoms with Crippen LogP contribution >= 0.6 is 11.6 Å². The number of benzene rings is 2. The Hall–Kier alpha value is -1.87. The number of hydrogen-bond donors (Lipinski definition) is 3. The van der Waals surface area contributed by atoms with Gasteiger partial charge in [-0.1, -0.05) is 60.5 Å². The first kappa shape index (κ1) is 23.3. The molecule has 2 aromatic carbocycles. The molecule has 1 aliphatic carbocycles. The maximum absolute atomic E-state index is 10.1. The summed E-state index contributed by atoms with van der Waals surface area (Å²) >= 11 is 6.48. The fourth-order valence-corrected chi connectivity index (χ4v) is 4.94. The van der Waals surface area contributed by atoms with E-state index in [0.29, 0.717) is 24.3 Å². The highest BCUT2D eigenvalue weighted by molar-refractivity contribution is 6.31. The monoisotopic (exact) mass is 454 g/mol. The lowest BCUT2D eigenvalue weighted by atomic mass is 9.88. The molecule has 0 radical (unpaired) electrons. The van der Waals surface area contributed by atoms with Crippen molar-refractivity contribution in [2.24, 2.45) is 5.41 Å². The zero-order chi connectivity index (χ0) is 22.6. The minimum Gasteiger partial charge on any atom is -0.395 e. The van der Waals surface area contributed by atoms with Gasteiger partial charge in [-0.25, -0.2) is 0 Å². The lowest BCUT2D eigenvalue weighted by Crippen LogP contribution is -2.33. The third kappa shape index (κ3) is 5.54. The smallest absolute Gasteiger partial charge is 0.0854 e. The first-order chi connectivity index (χ1) is 15.5. The van der Waals surface area contributed by atoms with Crippen LogP contribution in [0.4, 0.5) is 0 Å². The van der Waals surface area contributed by atoms with Gasteiger partial charge in [-0.2, -0.15) is 0 Å². The number of aliphatic hydroxyl groups is 3. The van der Waals surface area contributed by atoms with E-state index in [1.54, 1.807) is 0 Å². The molecule has 3 N–H and O–H groups in total. The first-order valence-electron chi connectivity index (χ1n) is 11.5. The maximum atomic E-state index is 10.1. The van der Waals surface area contributed by atoms with E-state index in [9.17, 15) is 15.3 Å². The van der Waals surface area contributed by atoms with E-state index in [1.165, 1.54) is 0 Å². The zero-order valence-electron chi connectivity index (χ0n) is 18.3. The molecule has 3 atom stereocenters. The van der Waals surface area contributed by atoms with Crippen LogP contribution in [0, 0.1) is 17.3 Å². The second kappa shape index (κ2) is 10.4. The van der Waals surface area contributed by atoms with Crippen molar-refractivity contribution in [3.63, 3.8) is 0 Å². The van der Waals surface area contributed by atoms with Crippen LogP contribution in [-0.4, -0.2) is 40.7 Å². The molecule has 4 rings (SSSR count). The Morgan fingerprint density at radius 3 is 2.47 bits per heavy atom. The summed E-state index contributed by atoms with van der Waals surface area (Å²) in [6.45, 7) is 0.0381. The lowest BCUT2D eigenvalue weighted by Gasteiger charge is -2.32. The molecule has 0 bridgehead atoms. The molecule has 1 aliphatic heterocycles. The predicted octanol–water partition coefficient (Wildman–Crippen LogP) is 4.41. The van der Waals surface area contributed by atoms with E-state index in [1.807, 2.05) is 30.3 Å². The summed E-state index contributed by atoms with van der Waals surface area (Å²) in [5.74, 6) is 6.57. The van der Waals surface area contributed by atoms with Crippen LogP contribution in [0.1, 0.15) is 66.9 Å². The third-order valence-electron chi connectivity index (χ3n) is 6.71. The van der Waals surface area contributed by atoms with Crippen molar-refractivity contribution in [1.82, 2.24) is 0 Å². The summed E-state index contributed by atoms with van der Waals surface area (Å²) in [6.07, 6.45) is 4.81. The molecular weight excluding hydrogens is 424 g/mol. The number of ether oxygens (including phenoxy) is 1. The van der Waals surface area contributed by atoms with Crippen LogP contribution in [0.3, 0.4) is 0 Å². The summed E-state index contributed by atoms with van der Waals surface area (Å²) in [7, 11) is 0. The van der Waals surface area contributed by atoms with Crippen LogP contribution in [0.2, 0.25) is 5.02 Å². The maximum Gasteiger partial charge on any atom is 0.0854 e. The van der Waals surface area contributed by atoms with Gasteiger partial charge in [0.25, 0.3) is 0 Å². The molecule has 0 aromatic heterocycles.